The minimum atomic E-state index is -0.406. The Morgan fingerprint density at radius 1 is 1.28 bits per heavy atom. The lowest BCUT2D eigenvalue weighted by molar-refractivity contribution is -0.132. The molecule has 0 spiro atoms. The number of benzene rings is 1. The Morgan fingerprint density at radius 2 is 1.96 bits per heavy atom. The van der Waals surface area contributed by atoms with Gasteiger partial charge in [-0.25, -0.2) is 4.79 Å². The van der Waals surface area contributed by atoms with Crippen LogP contribution in [0, 0.1) is 11.3 Å². The topological polar surface area (TPSA) is 76.4 Å². The van der Waals surface area contributed by atoms with Gasteiger partial charge >= 0.3 is 6.03 Å². The lowest BCUT2D eigenvalue weighted by atomic mass is 9.94. The molecule has 25 heavy (non-hydrogen) atoms. The molecule has 0 radical (unpaired) electrons. The van der Waals surface area contributed by atoms with Crippen molar-refractivity contribution in [1.29, 1.82) is 5.26 Å². The lowest BCUT2D eigenvalue weighted by Crippen LogP contribution is -2.45. The Hall–Kier alpha value is -2.26. The van der Waals surface area contributed by atoms with Crippen LogP contribution in [0.3, 0.4) is 0 Å². The molecule has 1 aromatic carbocycles. The molecule has 1 N–H and O–H groups in total. The molecule has 1 aliphatic carbocycles. The number of anilines is 1. The number of likely N-dealkylation sites (N-methyl/N-ethyl adjacent to an activating group) is 2. The molecular weight excluding hydrogens is 340 g/mol. The number of carbonyl (C=O) groups is 2. The van der Waals surface area contributed by atoms with Gasteiger partial charge in [-0.2, -0.15) is 5.26 Å². The zero-order valence-corrected chi connectivity index (χ0v) is 15.3. The largest absolute Gasteiger partial charge is 0.341 e. The molecule has 134 valence electrons. The summed E-state index contributed by atoms with van der Waals surface area (Å²) in [5.41, 5.74) is 0.751. The van der Waals surface area contributed by atoms with Gasteiger partial charge in [0.2, 0.25) is 5.91 Å². The van der Waals surface area contributed by atoms with Crippen molar-refractivity contribution < 1.29 is 9.59 Å². The van der Waals surface area contributed by atoms with Crippen molar-refractivity contribution in [1.82, 2.24) is 9.80 Å². The van der Waals surface area contributed by atoms with Gasteiger partial charge in [-0.1, -0.05) is 30.9 Å². The van der Waals surface area contributed by atoms with E-state index in [4.69, 9.17) is 16.9 Å². The van der Waals surface area contributed by atoms with E-state index in [0.717, 1.165) is 25.7 Å². The standard InChI is InChI=1S/C18H23ClN4O2/c1-22(12-17(24)23(2)15-6-4-3-5-7-15)18(25)21-14-8-9-16(19)13(10-14)11-20/h8-10,15H,3-7,12H2,1-2H3,(H,21,25). The van der Waals surface area contributed by atoms with E-state index in [2.05, 4.69) is 5.32 Å². The van der Waals surface area contributed by atoms with Crippen molar-refractivity contribution in [2.24, 2.45) is 0 Å². The maximum absolute atomic E-state index is 12.4. The molecule has 3 amide bonds. The van der Waals surface area contributed by atoms with E-state index in [0.29, 0.717) is 10.7 Å². The van der Waals surface area contributed by atoms with Gasteiger partial charge in [0.1, 0.15) is 12.6 Å². The first kappa shape index (κ1) is 19.1. The van der Waals surface area contributed by atoms with Crippen molar-refractivity contribution in [3.63, 3.8) is 0 Å². The summed E-state index contributed by atoms with van der Waals surface area (Å²) < 4.78 is 0. The van der Waals surface area contributed by atoms with Gasteiger partial charge < -0.3 is 15.1 Å². The van der Waals surface area contributed by atoms with Gasteiger partial charge in [0.25, 0.3) is 0 Å². The van der Waals surface area contributed by atoms with E-state index in [1.165, 1.54) is 17.4 Å². The summed E-state index contributed by atoms with van der Waals surface area (Å²) in [6.45, 7) is 0.0114. The first-order valence-electron chi connectivity index (χ1n) is 8.39. The number of hydrogen-bond donors (Lipinski definition) is 1. The number of rotatable bonds is 4. The second-order valence-electron chi connectivity index (χ2n) is 6.39. The third-order valence-electron chi connectivity index (χ3n) is 4.57. The van der Waals surface area contributed by atoms with Gasteiger partial charge in [-0.05, 0) is 31.0 Å². The Bertz CT molecular complexity index is 680. The van der Waals surface area contributed by atoms with Crippen LogP contribution in [-0.4, -0.2) is 48.4 Å². The van der Waals surface area contributed by atoms with Crippen LogP contribution >= 0.6 is 11.6 Å². The summed E-state index contributed by atoms with van der Waals surface area (Å²) in [6.07, 6.45) is 5.58. The average molecular weight is 363 g/mol. The van der Waals surface area contributed by atoms with Crippen LogP contribution in [0.15, 0.2) is 18.2 Å². The Kier molecular flexibility index (Phi) is 6.65. The van der Waals surface area contributed by atoms with E-state index in [9.17, 15) is 9.59 Å². The Balaban J connectivity index is 1.91. The summed E-state index contributed by atoms with van der Waals surface area (Å²) in [5.74, 6) is -0.0710. The number of nitrogens with one attached hydrogen (secondary N) is 1. The molecule has 0 heterocycles. The molecule has 6 nitrogen and oxygen atoms in total. The highest BCUT2D eigenvalue weighted by Gasteiger charge is 2.24. The third-order valence-corrected chi connectivity index (χ3v) is 4.90. The predicted octanol–water partition coefficient (Wildman–Crippen LogP) is 3.47. The lowest BCUT2D eigenvalue weighted by Gasteiger charge is -2.32. The van der Waals surface area contributed by atoms with E-state index < -0.39 is 6.03 Å². The second-order valence-corrected chi connectivity index (χ2v) is 6.80. The molecule has 2 rings (SSSR count). The summed E-state index contributed by atoms with van der Waals surface area (Å²) in [4.78, 5) is 27.8. The fourth-order valence-corrected chi connectivity index (χ4v) is 3.13. The number of urea groups is 1. The summed E-state index contributed by atoms with van der Waals surface area (Å²) >= 11 is 5.88. The van der Waals surface area contributed by atoms with Crippen LogP contribution in [0.5, 0.6) is 0 Å². The Labute approximate surface area is 153 Å². The maximum Gasteiger partial charge on any atom is 0.322 e. The summed E-state index contributed by atoms with van der Waals surface area (Å²) in [5, 5.41) is 12.0. The zero-order valence-electron chi connectivity index (χ0n) is 14.6. The number of halogens is 1. The molecule has 1 saturated carbocycles. The molecule has 0 atom stereocenters. The molecular formula is C18H23ClN4O2. The summed E-state index contributed by atoms with van der Waals surface area (Å²) in [7, 11) is 3.38. The number of nitriles is 1. The van der Waals surface area contributed by atoms with Gasteiger partial charge in [0.15, 0.2) is 0 Å². The van der Waals surface area contributed by atoms with Crippen LogP contribution in [0.1, 0.15) is 37.7 Å². The quantitative estimate of drug-likeness (QED) is 0.890. The molecule has 0 aliphatic heterocycles. The molecule has 7 heteroatoms. The maximum atomic E-state index is 12.4. The fourth-order valence-electron chi connectivity index (χ4n) is 2.97. The number of nitrogens with zero attached hydrogens (tertiary/aromatic N) is 3. The first-order chi connectivity index (χ1) is 11.9. The summed E-state index contributed by atoms with van der Waals surface area (Å²) in [6, 6.07) is 6.50. The van der Waals surface area contributed by atoms with Crippen LogP contribution < -0.4 is 5.32 Å². The monoisotopic (exact) mass is 362 g/mol. The molecule has 0 saturated heterocycles. The van der Waals surface area contributed by atoms with Crippen LogP contribution in [0.2, 0.25) is 5.02 Å². The normalized spacial score (nSPS) is 14.5. The minimum absolute atomic E-state index is 0.0114. The van der Waals surface area contributed by atoms with Crippen molar-refractivity contribution in [3.05, 3.63) is 28.8 Å². The fraction of sp³-hybridized carbons (Fsp3) is 0.500. The molecule has 0 bridgehead atoms. The average Bonchev–Trinajstić information content (AvgIpc) is 2.63. The van der Waals surface area contributed by atoms with Gasteiger partial charge in [-0.3, -0.25) is 4.79 Å². The van der Waals surface area contributed by atoms with E-state index in [1.54, 1.807) is 24.1 Å². The number of carbonyl (C=O) groups excluding carboxylic acids is 2. The van der Waals surface area contributed by atoms with Crippen LogP contribution in [-0.2, 0) is 4.79 Å². The van der Waals surface area contributed by atoms with Gasteiger partial charge in [0, 0.05) is 25.8 Å². The molecule has 0 unspecified atom stereocenters. The third kappa shape index (κ3) is 5.10. The van der Waals surface area contributed by atoms with Crippen LogP contribution in [0.25, 0.3) is 0 Å². The second kappa shape index (κ2) is 8.72. The first-order valence-corrected chi connectivity index (χ1v) is 8.77. The highest BCUT2D eigenvalue weighted by Crippen LogP contribution is 2.22. The number of amides is 3. The highest BCUT2D eigenvalue weighted by molar-refractivity contribution is 6.31. The van der Waals surface area contributed by atoms with E-state index in [1.807, 2.05) is 13.1 Å². The van der Waals surface area contributed by atoms with Crippen molar-refractivity contribution >= 4 is 29.2 Å². The highest BCUT2D eigenvalue weighted by atomic mass is 35.5. The van der Waals surface area contributed by atoms with E-state index in [-0.39, 0.29) is 24.1 Å². The minimum Gasteiger partial charge on any atom is -0.341 e. The van der Waals surface area contributed by atoms with Crippen LogP contribution in [0.4, 0.5) is 10.5 Å². The van der Waals surface area contributed by atoms with Crippen molar-refractivity contribution in [2.75, 3.05) is 26.0 Å². The van der Waals surface area contributed by atoms with Crippen molar-refractivity contribution in [2.45, 2.75) is 38.1 Å². The van der Waals surface area contributed by atoms with Gasteiger partial charge in [0.05, 0.1) is 10.6 Å². The zero-order chi connectivity index (χ0) is 18.4. The van der Waals surface area contributed by atoms with Crippen molar-refractivity contribution in [3.8, 4) is 6.07 Å². The molecule has 1 aromatic rings. The molecule has 0 aromatic heterocycles. The van der Waals surface area contributed by atoms with Gasteiger partial charge in [-0.15, -0.1) is 0 Å². The molecule has 1 fully saturated rings. The SMILES string of the molecule is CN(CC(=O)N(C)C1CCCCC1)C(=O)Nc1ccc(Cl)c(C#N)c1. The van der Waals surface area contributed by atoms with E-state index >= 15 is 0 Å². The number of hydrogen-bond acceptors (Lipinski definition) is 3. The Morgan fingerprint density at radius 3 is 2.60 bits per heavy atom. The smallest absolute Gasteiger partial charge is 0.322 e. The molecule has 1 aliphatic rings. The predicted molar refractivity (Wildman–Crippen MR) is 97.5 cm³/mol.